The summed E-state index contributed by atoms with van der Waals surface area (Å²) in [5.74, 6) is 1.45. The molecule has 0 amide bonds. The van der Waals surface area contributed by atoms with Gasteiger partial charge in [-0.15, -0.1) is 0 Å². The number of allylic oxidation sites excluding steroid dienone is 2. The van der Waals surface area contributed by atoms with Crippen molar-refractivity contribution in [2.45, 2.75) is 18.4 Å². The minimum absolute atomic E-state index is 0.143. The van der Waals surface area contributed by atoms with E-state index in [0.29, 0.717) is 29.4 Å². The minimum Gasteiger partial charge on any atom is -0.493 e. The summed E-state index contributed by atoms with van der Waals surface area (Å²) in [4.78, 5) is 12.8. The summed E-state index contributed by atoms with van der Waals surface area (Å²) in [6, 6.07) is 3.75. The van der Waals surface area contributed by atoms with Gasteiger partial charge in [-0.25, -0.2) is 0 Å². The number of cyclic esters (lactones) is 1. The highest BCUT2D eigenvalue weighted by atomic mass is 16.7. The molecule has 5 rings (SSSR count). The maximum Gasteiger partial charge on any atom is 0.310 e. The molecule has 1 saturated heterocycles. The molecule has 0 spiro atoms. The summed E-state index contributed by atoms with van der Waals surface area (Å²) < 4.78 is 33.1. The Morgan fingerprint density at radius 1 is 1.00 bits per heavy atom. The first kappa shape index (κ1) is 19.1. The van der Waals surface area contributed by atoms with Crippen LogP contribution in [0.1, 0.15) is 17.9 Å². The highest BCUT2D eigenvalue weighted by Gasteiger charge is 2.56. The lowest BCUT2D eigenvalue weighted by atomic mass is 9.59. The number of benzene rings is 1. The molecule has 1 N–H and O–H groups in total. The van der Waals surface area contributed by atoms with Gasteiger partial charge in [-0.2, -0.15) is 0 Å². The topological polar surface area (TPSA) is 92.7 Å². The molecule has 4 aliphatic rings. The number of hydrogen-bond donors (Lipinski definition) is 1. The number of fused-ring (bicyclic) bond motifs is 2. The normalized spacial score (nSPS) is 31.5. The zero-order chi connectivity index (χ0) is 21.0. The van der Waals surface area contributed by atoms with Gasteiger partial charge in [0.15, 0.2) is 17.3 Å². The number of carbonyl (C=O) groups excluding carboxylic acids is 1. The quantitative estimate of drug-likeness (QED) is 0.747. The number of aliphatic hydroxyl groups is 1. The van der Waals surface area contributed by atoms with Crippen molar-refractivity contribution in [2.75, 3.05) is 34.7 Å². The Labute approximate surface area is 174 Å². The molecule has 2 fully saturated rings. The molecule has 2 heterocycles. The Morgan fingerprint density at radius 3 is 2.40 bits per heavy atom. The number of aliphatic hydroxyl groups excluding tert-OH is 1. The molecule has 2 aliphatic carbocycles. The molecular formula is C22H24O8. The molecule has 160 valence electrons. The zero-order valence-electron chi connectivity index (χ0n) is 17.0. The lowest BCUT2D eigenvalue weighted by molar-refractivity contribution is -0.142. The van der Waals surface area contributed by atoms with Crippen molar-refractivity contribution in [1.82, 2.24) is 0 Å². The van der Waals surface area contributed by atoms with Crippen LogP contribution in [0.25, 0.3) is 0 Å². The zero-order valence-corrected chi connectivity index (χ0v) is 17.0. The van der Waals surface area contributed by atoms with Crippen molar-refractivity contribution in [1.29, 1.82) is 0 Å². The number of ether oxygens (including phenoxy) is 6. The van der Waals surface area contributed by atoms with Gasteiger partial charge >= 0.3 is 5.97 Å². The van der Waals surface area contributed by atoms with Crippen LogP contribution in [-0.4, -0.2) is 51.9 Å². The second-order valence-corrected chi connectivity index (χ2v) is 7.90. The van der Waals surface area contributed by atoms with Gasteiger partial charge in [0.1, 0.15) is 5.76 Å². The molecule has 0 bridgehead atoms. The first-order valence-electron chi connectivity index (χ1n) is 9.92. The van der Waals surface area contributed by atoms with Crippen LogP contribution in [0.4, 0.5) is 0 Å². The average molecular weight is 416 g/mol. The molecule has 2 aliphatic heterocycles. The second-order valence-electron chi connectivity index (χ2n) is 7.90. The van der Waals surface area contributed by atoms with Crippen LogP contribution in [0, 0.1) is 17.8 Å². The predicted molar refractivity (Wildman–Crippen MR) is 103 cm³/mol. The van der Waals surface area contributed by atoms with Crippen molar-refractivity contribution in [2.24, 2.45) is 17.8 Å². The smallest absolute Gasteiger partial charge is 0.310 e. The molecule has 1 aromatic rings. The molecule has 8 heteroatoms. The molecule has 1 aromatic carbocycles. The van der Waals surface area contributed by atoms with Crippen LogP contribution in [0.3, 0.4) is 0 Å². The number of carbonyl (C=O) groups is 1. The lowest BCUT2D eigenvalue weighted by Crippen LogP contribution is -2.45. The van der Waals surface area contributed by atoms with E-state index in [1.54, 1.807) is 21.3 Å². The fourth-order valence-corrected chi connectivity index (χ4v) is 5.30. The van der Waals surface area contributed by atoms with Crippen LogP contribution in [0.2, 0.25) is 0 Å². The molecule has 8 nitrogen and oxygen atoms in total. The van der Waals surface area contributed by atoms with Crippen molar-refractivity contribution in [3.05, 3.63) is 40.9 Å². The summed E-state index contributed by atoms with van der Waals surface area (Å²) >= 11 is 0. The van der Waals surface area contributed by atoms with E-state index in [2.05, 4.69) is 0 Å². The summed E-state index contributed by atoms with van der Waals surface area (Å²) in [5.41, 5.74) is 1.71. The van der Waals surface area contributed by atoms with Crippen LogP contribution in [0.15, 0.2) is 35.3 Å². The SMILES string of the molecule is COc1cc([C@@H]2C3CC4=C(C=C3[C@H](O)[C@H]3COC(=O)[C@@H]32)OCO4)cc(OC)c1OC. The summed E-state index contributed by atoms with van der Waals surface area (Å²) in [6.45, 7) is 0.361. The van der Waals surface area contributed by atoms with Gasteiger partial charge in [0.25, 0.3) is 0 Å². The Kier molecular flexibility index (Phi) is 4.54. The minimum atomic E-state index is -0.775. The van der Waals surface area contributed by atoms with Gasteiger partial charge in [-0.3, -0.25) is 4.79 Å². The van der Waals surface area contributed by atoms with Gasteiger partial charge < -0.3 is 33.5 Å². The summed E-state index contributed by atoms with van der Waals surface area (Å²) in [6.07, 6.45) is 1.63. The standard InChI is InChI=1S/C22H24O8/c1-25-16-4-10(5-17(26-2)21(16)27-3)18-11-6-14-15(30-9-29-14)7-12(11)20(23)13-8-28-22(24)19(13)18/h4-5,7,11,13,18-20,23H,6,8-9H2,1-3H3/t11?,13-,18+,19-,20-/m0/s1. The van der Waals surface area contributed by atoms with Crippen LogP contribution < -0.4 is 14.2 Å². The maximum atomic E-state index is 12.8. The molecule has 30 heavy (non-hydrogen) atoms. The molecular weight excluding hydrogens is 392 g/mol. The van der Waals surface area contributed by atoms with E-state index in [1.165, 1.54) is 0 Å². The number of methoxy groups -OCH3 is 3. The second kappa shape index (κ2) is 7.12. The maximum absolute atomic E-state index is 12.8. The van der Waals surface area contributed by atoms with E-state index in [0.717, 1.165) is 16.9 Å². The molecule has 1 unspecified atom stereocenters. The van der Waals surface area contributed by atoms with E-state index in [1.807, 2.05) is 18.2 Å². The third kappa shape index (κ3) is 2.66. The third-order valence-corrected chi connectivity index (χ3v) is 6.64. The lowest BCUT2D eigenvalue weighted by Gasteiger charge is -2.44. The van der Waals surface area contributed by atoms with E-state index in [9.17, 15) is 9.90 Å². The Bertz CT molecular complexity index is 923. The van der Waals surface area contributed by atoms with Crippen LogP contribution >= 0.6 is 0 Å². The first-order valence-corrected chi connectivity index (χ1v) is 9.92. The van der Waals surface area contributed by atoms with Gasteiger partial charge in [0.05, 0.1) is 40.0 Å². The van der Waals surface area contributed by atoms with E-state index >= 15 is 0 Å². The molecule has 1 saturated carbocycles. The average Bonchev–Trinajstić information content (AvgIpc) is 3.38. The van der Waals surface area contributed by atoms with Gasteiger partial charge in [0, 0.05) is 18.3 Å². The monoisotopic (exact) mass is 416 g/mol. The Hall–Kier alpha value is -2.87. The molecule has 5 atom stereocenters. The van der Waals surface area contributed by atoms with Crippen molar-refractivity contribution < 1.29 is 38.3 Å². The first-order chi connectivity index (χ1) is 14.6. The largest absolute Gasteiger partial charge is 0.493 e. The van der Waals surface area contributed by atoms with Gasteiger partial charge in [-0.1, -0.05) is 0 Å². The van der Waals surface area contributed by atoms with Crippen molar-refractivity contribution >= 4 is 5.97 Å². The highest BCUT2D eigenvalue weighted by molar-refractivity contribution is 5.77. The predicted octanol–water partition coefficient (Wildman–Crippen LogP) is 2.12. The van der Waals surface area contributed by atoms with E-state index in [4.69, 9.17) is 28.4 Å². The number of esters is 1. The molecule has 0 radical (unpaired) electrons. The van der Waals surface area contributed by atoms with E-state index in [-0.39, 0.29) is 37.1 Å². The third-order valence-electron chi connectivity index (χ3n) is 6.64. The summed E-state index contributed by atoms with van der Waals surface area (Å²) in [5, 5.41) is 11.1. The highest BCUT2D eigenvalue weighted by Crippen LogP contribution is 2.56. The number of rotatable bonds is 4. The van der Waals surface area contributed by atoms with Gasteiger partial charge in [-0.05, 0) is 35.3 Å². The summed E-state index contributed by atoms with van der Waals surface area (Å²) in [7, 11) is 4.67. The Balaban J connectivity index is 1.66. The van der Waals surface area contributed by atoms with Crippen LogP contribution in [-0.2, 0) is 19.0 Å². The number of hydrogen-bond acceptors (Lipinski definition) is 8. The molecule has 0 aromatic heterocycles. The van der Waals surface area contributed by atoms with Gasteiger partial charge in [0.2, 0.25) is 12.5 Å². The Morgan fingerprint density at radius 2 is 1.73 bits per heavy atom. The van der Waals surface area contributed by atoms with E-state index < -0.39 is 12.0 Å². The van der Waals surface area contributed by atoms with Crippen molar-refractivity contribution in [3.8, 4) is 17.2 Å². The van der Waals surface area contributed by atoms with Crippen molar-refractivity contribution in [3.63, 3.8) is 0 Å². The fraction of sp³-hybridized carbons (Fsp3) is 0.500. The fourth-order valence-electron chi connectivity index (χ4n) is 5.30. The van der Waals surface area contributed by atoms with Crippen LogP contribution in [0.5, 0.6) is 17.2 Å².